The van der Waals surface area contributed by atoms with Gasteiger partial charge in [0.2, 0.25) is 5.89 Å². The molecule has 1 unspecified atom stereocenters. The number of anilines is 1. The lowest BCUT2D eigenvalue weighted by atomic mass is 10.1. The molecule has 0 spiro atoms. The van der Waals surface area contributed by atoms with Crippen molar-refractivity contribution in [3.63, 3.8) is 0 Å². The van der Waals surface area contributed by atoms with Gasteiger partial charge in [-0.2, -0.15) is 0 Å². The largest absolute Gasteiger partial charge is 0.406 e. The van der Waals surface area contributed by atoms with Crippen molar-refractivity contribution in [3.8, 4) is 0 Å². The standard InChI is InChI=1S/C15H18N4O2/c1-9-5-6-11(8-10(9)2)13(20)17-15-19-18-14(21-15)12-4-3-7-16-12/h5-6,8,12,16H,3-4,7H2,1-2H3,(H,17,19,20). The Labute approximate surface area is 123 Å². The fraction of sp³-hybridized carbons (Fsp3) is 0.400. The molecule has 1 amide bonds. The third-order valence-electron chi connectivity index (χ3n) is 3.79. The fourth-order valence-electron chi connectivity index (χ4n) is 2.37. The van der Waals surface area contributed by atoms with Crippen molar-refractivity contribution in [1.29, 1.82) is 0 Å². The molecule has 2 aromatic rings. The number of hydrogen-bond acceptors (Lipinski definition) is 5. The van der Waals surface area contributed by atoms with E-state index in [1.807, 2.05) is 26.0 Å². The highest BCUT2D eigenvalue weighted by Gasteiger charge is 2.22. The summed E-state index contributed by atoms with van der Waals surface area (Å²) in [6, 6.07) is 5.80. The van der Waals surface area contributed by atoms with E-state index in [9.17, 15) is 4.79 Å². The van der Waals surface area contributed by atoms with Gasteiger partial charge in [0.1, 0.15) is 0 Å². The molecule has 1 fully saturated rings. The first-order valence-electron chi connectivity index (χ1n) is 7.09. The lowest BCUT2D eigenvalue weighted by molar-refractivity contribution is 0.102. The quantitative estimate of drug-likeness (QED) is 0.905. The molecule has 1 aromatic carbocycles. The van der Waals surface area contributed by atoms with Crippen molar-refractivity contribution in [3.05, 3.63) is 40.8 Å². The first-order valence-corrected chi connectivity index (χ1v) is 7.09. The Morgan fingerprint density at radius 3 is 2.90 bits per heavy atom. The summed E-state index contributed by atoms with van der Waals surface area (Å²) in [4.78, 5) is 12.2. The van der Waals surface area contributed by atoms with Crippen LogP contribution < -0.4 is 10.6 Å². The monoisotopic (exact) mass is 286 g/mol. The minimum Gasteiger partial charge on any atom is -0.406 e. The maximum absolute atomic E-state index is 12.2. The zero-order valence-electron chi connectivity index (χ0n) is 12.1. The van der Waals surface area contributed by atoms with Gasteiger partial charge in [0.25, 0.3) is 5.91 Å². The molecule has 3 rings (SSSR count). The second-order valence-corrected chi connectivity index (χ2v) is 5.35. The molecule has 1 aliphatic rings. The maximum Gasteiger partial charge on any atom is 0.322 e. The van der Waals surface area contributed by atoms with E-state index in [1.54, 1.807) is 6.07 Å². The van der Waals surface area contributed by atoms with Gasteiger partial charge in [-0.05, 0) is 56.5 Å². The van der Waals surface area contributed by atoms with Crippen molar-refractivity contribution in [2.24, 2.45) is 0 Å². The molecule has 21 heavy (non-hydrogen) atoms. The van der Waals surface area contributed by atoms with Gasteiger partial charge in [-0.25, -0.2) is 0 Å². The number of hydrogen-bond donors (Lipinski definition) is 2. The number of aromatic nitrogens is 2. The summed E-state index contributed by atoms with van der Waals surface area (Å²) in [6.45, 7) is 4.94. The highest BCUT2D eigenvalue weighted by Crippen LogP contribution is 2.23. The Morgan fingerprint density at radius 2 is 2.19 bits per heavy atom. The Kier molecular flexibility index (Phi) is 3.70. The summed E-state index contributed by atoms with van der Waals surface area (Å²) in [7, 11) is 0. The number of benzene rings is 1. The molecule has 0 aliphatic carbocycles. The van der Waals surface area contributed by atoms with Gasteiger partial charge >= 0.3 is 6.01 Å². The molecular weight excluding hydrogens is 268 g/mol. The predicted molar refractivity (Wildman–Crippen MR) is 78.1 cm³/mol. The third kappa shape index (κ3) is 2.95. The molecule has 110 valence electrons. The van der Waals surface area contributed by atoms with E-state index in [0.717, 1.165) is 30.5 Å². The van der Waals surface area contributed by atoms with Gasteiger partial charge in [0.15, 0.2) is 0 Å². The van der Waals surface area contributed by atoms with Crippen molar-refractivity contribution in [2.45, 2.75) is 32.7 Å². The second-order valence-electron chi connectivity index (χ2n) is 5.35. The van der Waals surface area contributed by atoms with Crippen LogP contribution >= 0.6 is 0 Å². The molecule has 6 heteroatoms. The molecule has 1 atom stereocenters. The minimum atomic E-state index is -0.243. The predicted octanol–water partition coefficient (Wildman–Crippen LogP) is 2.36. The molecule has 1 saturated heterocycles. The van der Waals surface area contributed by atoms with Crippen LogP contribution in [0.25, 0.3) is 0 Å². The van der Waals surface area contributed by atoms with Crippen molar-refractivity contribution >= 4 is 11.9 Å². The average Bonchev–Trinajstić information content (AvgIpc) is 3.12. The first kappa shape index (κ1) is 13.8. The molecule has 0 bridgehead atoms. The van der Waals surface area contributed by atoms with Gasteiger partial charge in [0.05, 0.1) is 6.04 Å². The fourth-order valence-corrected chi connectivity index (χ4v) is 2.37. The van der Waals surface area contributed by atoms with Gasteiger partial charge < -0.3 is 9.73 Å². The van der Waals surface area contributed by atoms with Crippen LogP contribution in [0.2, 0.25) is 0 Å². The Bertz CT molecular complexity index is 659. The molecule has 2 N–H and O–H groups in total. The summed E-state index contributed by atoms with van der Waals surface area (Å²) >= 11 is 0. The molecular formula is C15H18N4O2. The van der Waals surface area contributed by atoms with Crippen LogP contribution in [0.15, 0.2) is 22.6 Å². The number of carbonyl (C=O) groups excluding carboxylic acids is 1. The number of aryl methyl sites for hydroxylation is 2. The third-order valence-corrected chi connectivity index (χ3v) is 3.79. The zero-order chi connectivity index (χ0) is 14.8. The normalized spacial score (nSPS) is 17.9. The smallest absolute Gasteiger partial charge is 0.322 e. The zero-order valence-corrected chi connectivity index (χ0v) is 12.1. The Morgan fingerprint density at radius 1 is 1.33 bits per heavy atom. The van der Waals surface area contributed by atoms with Crippen LogP contribution in [-0.2, 0) is 0 Å². The number of nitrogens with zero attached hydrogens (tertiary/aromatic N) is 2. The van der Waals surface area contributed by atoms with Crippen LogP contribution in [0.1, 0.15) is 46.3 Å². The van der Waals surface area contributed by atoms with Gasteiger partial charge in [-0.3, -0.25) is 10.1 Å². The molecule has 1 aromatic heterocycles. The van der Waals surface area contributed by atoms with E-state index in [2.05, 4.69) is 20.8 Å². The molecule has 0 radical (unpaired) electrons. The van der Waals surface area contributed by atoms with Gasteiger partial charge in [-0.1, -0.05) is 11.2 Å². The van der Waals surface area contributed by atoms with Gasteiger partial charge in [0, 0.05) is 5.56 Å². The van der Waals surface area contributed by atoms with Crippen molar-refractivity contribution in [2.75, 3.05) is 11.9 Å². The molecule has 2 heterocycles. The SMILES string of the molecule is Cc1ccc(C(=O)Nc2nnc(C3CCCN3)o2)cc1C. The number of carbonyl (C=O) groups is 1. The van der Waals surface area contributed by atoms with Crippen LogP contribution in [0.5, 0.6) is 0 Å². The Balaban J connectivity index is 1.70. The van der Waals surface area contributed by atoms with E-state index < -0.39 is 0 Å². The first-order chi connectivity index (χ1) is 10.1. The highest BCUT2D eigenvalue weighted by molar-refractivity contribution is 6.03. The second kappa shape index (κ2) is 5.65. The van der Waals surface area contributed by atoms with Crippen molar-refractivity contribution < 1.29 is 9.21 Å². The summed E-state index contributed by atoms with van der Waals surface area (Å²) in [5, 5.41) is 13.8. The average molecular weight is 286 g/mol. The number of amides is 1. The summed E-state index contributed by atoms with van der Waals surface area (Å²) in [5.41, 5.74) is 2.81. The molecule has 0 saturated carbocycles. The highest BCUT2D eigenvalue weighted by atomic mass is 16.4. The summed E-state index contributed by atoms with van der Waals surface area (Å²) < 4.78 is 5.50. The molecule has 1 aliphatic heterocycles. The van der Waals surface area contributed by atoms with E-state index in [1.165, 1.54) is 0 Å². The van der Waals surface area contributed by atoms with Crippen molar-refractivity contribution in [1.82, 2.24) is 15.5 Å². The van der Waals surface area contributed by atoms with Crippen LogP contribution in [-0.4, -0.2) is 22.6 Å². The van der Waals surface area contributed by atoms with E-state index in [0.29, 0.717) is 11.5 Å². The topological polar surface area (TPSA) is 80.0 Å². The van der Waals surface area contributed by atoms with Crippen LogP contribution in [0, 0.1) is 13.8 Å². The maximum atomic E-state index is 12.2. The van der Waals surface area contributed by atoms with Gasteiger partial charge in [-0.15, -0.1) is 5.10 Å². The van der Waals surface area contributed by atoms with Crippen LogP contribution in [0.4, 0.5) is 6.01 Å². The number of nitrogens with one attached hydrogen (secondary N) is 2. The van der Waals surface area contributed by atoms with E-state index >= 15 is 0 Å². The lowest BCUT2D eigenvalue weighted by Gasteiger charge is -2.05. The number of rotatable bonds is 3. The van der Waals surface area contributed by atoms with E-state index in [4.69, 9.17) is 4.42 Å². The minimum absolute atomic E-state index is 0.102. The summed E-state index contributed by atoms with van der Waals surface area (Å²) in [6.07, 6.45) is 2.07. The molecule has 6 nitrogen and oxygen atoms in total. The van der Waals surface area contributed by atoms with Crippen LogP contribution in [0.3, 0.4) is 0 Å². The Hall–Kier alpha value is -2.21. The lowest BCUT2D eigenvalue weighted by Crippen LogP contribution is -2.13. The van der Waals surface area contributed by atoms with E-state index in [-0.39, 0.29) is 18.0 Å². The summed E-state index contributed by atoms with van der Waals surface area (Å²) in [5.74, 6) is 0.288.